The van der Waals surface area contributed by atoms with Gasteiger partial charge in [-0.15, -0.1) is 0 Å². The molecule has 0 unspecified atom stereocenters. The summed E-state index contributed by atoms with van der Waals surface area (Å²) in [6, 6.07) is 5.00. The molecule has 0 atom stereocenters. The first kappa shape index (κ1) is 14.3. The van der Waals surface area contributed by atoms with Crippen LogP contribution in [0.15, 0.2) is 18.2 Å². The summed E-state index contributed by atoms with van der Waals surface area (Å²) in [5, 5.41) is 16.7. The molecule has 20 heavy (non-hydrogen) atoms. The van der Waals surface area contributed by atoms with Crippen LogP contribution < -0.4 is 10.6 Å². The number of hydrogen-bond acceptors (Lipinski definition) is 5. The van der Waals surface area contributed by atoms with Gasteiger partial charge < -0.3 is 10.6 Å². The maximum absolute atomic E-state index is 11.5. The fraction of sp³-hybridized carbons (Fsp3) is 0.462. The molecule has 0 aromatic heterocycles. The van der Waals surface area contributed by atoms with Crippen LogP contribution in [0.5, 0.6) is 0 Å². The van der Waals surface area contributed by atoms with Crippen molar-refractivity contribution in [3.05, 3.63) is 33.9 Å². The molecule has 1 saturated heterocycles. The van der Waals surface area contributed by atoms with Gasteiger partial charge in [0.1, 0.15) is 5.69 Å². The first-order valence-electron chi connectivity index (χ1n) is 6.55. The number of anilines is 1. The molecule has 0 spiro atoms. The molecule has 1 aromatic carbocycles. The topological polar surface area (TPSA) is 87.5 Å². The van der Waals surface area contributed by atoms with E-state index in [2.05, 4.69) is 10.6 Å². The molecule has 1 fully saturated rings. The third-order valence-corrected chi connectivity index (χ3v) is 3.31. The molecule has 0 saturated carbocycles. The normalized spacial score (nSPS) is 16.4. The Morgan fingerprint density at radius 3 is 3.00 bits per heavy atom. The summed E-state index contributed by atoms with van der Waals surface area (Å²) < 4.78 is 0. The van der Waals surface area contributed by atoms with Gasteiger partial charge >= 0.3 is 0 Å². The van der Waals surface area contributed by atoms with Crippen LogP contribution in [0.25, 0.3) is 0 Å². The zero-order valence-corrected chi connectivity index (χ0v) is 11.4. The van der Waals surface area contributed by atoms with Gasteiger partial charge in [0.15, 0.2) is 0 Å². The van der Waals surface area contributed by atoms with Gasteiger partial charge in [0, 0.05) is 32.7 Å². The first-order valence-corrected chi connectivity index (χ1v) is 6.55. The standard InChI is InChI=1S/C13H18N4O3/c1-14-13-10(4-2-5-11(13)17(19)20)8-16-7-3-6-15-12(18)9-16/h2,4-5,14H,3,6-9H2,1H3,(H,15,18). The molecule has 0 aliphatic carbocycles. The van der Waals surface area contributed by atoms with Crippen LogP contribution in [0, 0.1) is 10.1 Å². The van der Waals surface area contributed by atoms with E-state index in [4.69, 9.17) is 0 Å². The molecule has 1 amide bonds. The Balaban J connectivity index is 2.22. The Labute approximate surface area is 117 Å². The molecule has 108 valence electrons. The molecular formula is C13H18N4O3. The molecule has 2 rings (SSSR count). The Kier molecular flexibility index (Phi) is 4.52. The molecule has 0 radical (unpaired) electrons. The van der Waals surface area contributed by atoms with E-state index < -0.39 is 4.92 Å². The van der Waals surface area contributed by atoms with E-state index in [0.717, 1.165) is 18.5 Å². The number of benzene rings is 1. The van der Waals surface area contributed by atoms with E-state index in [1.807, 2.05) is 11.0 Å². The van der Waals surface area contributed by atoms with Crippen molar-refractivity contribution in [2.75, 3.05) is 32.0 Å². The van der Waals surface area contributed by atoms with Gasteiger partial charge in [0.2, 0.25) is 5.91 Å². The molecular weight excluding hydrogens is 260 g/mol. The largest absolute Gasteiger partial charge is 0.382 e. The smallest absolute Gasteiger partial charge is 0.292 e. The Morgan fingerprint density at radius 2 is 2.30 bits per heavy atom. The fourth-order valence-electron chi connectivity index (χ4n) is 2.40. The van der Waals surface area contributed by atoms with Gasteiger partial charge in [-0.2, -0.15) is 0 Å². The van der Waals surface area contributed by atoms with E-state index in [0.29, 0.717) is 25.3 Å². The van der Waals surface area contributed by atoms with Crippen LogP contribution in [-0.2, 0) is 11.3 Å². The summed E-state index contributed by atoms with van der Waals surface area (Å²) in [7, 11) is 1.67. The average molecular weight is 278 g/mol. The number of nitrogens with zero attached hydrogens (tertiary/aromatic N) is 2. The Hall–Kier alpha value is -2.15. The van der Waals surface area contributed by atoms with Gasteiger partial charge in [0.25, 0.3) is 5.69 Å². The second kappa shape index (κ2) is 6.33. The molecule has 1 aliphatic heterocycles. The van der Waals surface area contributed by atoms with Gasteiger partial charge in [0.05, 0.1) is 11.5 Å². The average Bonchev–Trinajstić information content (AvgIpc) is 2.62. The highest BCUT2D eigenvalue weighted by atomic mass is 16.6. The highest BCUT2D eigenvalue weighted by molar-refractivity contribution is 5.78. The zero-order valence-electron chi connectivity index (χ0n) is 11.4. The molecule has 1 aliphatic rings. The quantitative estimate of drug-likeness (QED) is 0.632. The van der Waals surface area contributed by atoms with Crippen LogP contribution in [-0.4, -0.2) is 42.4 Å². The zero-order chi connectivity index (χ0) is 14.5. The maximum Gasteiger partial charge on any atom is 0.292 e. The summed E-state index contributed by atoms with van der Waals surface area (Å²) in [5.74, 6) is -0.000983. The summed E-state index contributed by atoms with van der Waals surface area (Å²) in [5.41, 5.74) is 1.41. The van der Waals surface area contributed by atoms with Crippen molar-refractivity contribution in [3.63, 3.8) is 0 Å². The number of nitro benzene ring substituents is 1. The molecule has 7 nitrogen and oxygen atoms in total. The van der Waals surface area contributed by atoms with Gasteiger partial charge in [-0.3, -0.25) is 19.8 Å². The molecule has 7 heteroatoms. The Morgan fingerprint density at radius 1 is 1.50 bits per heavy atom. The van der Waals surface area contributed by atoms with Crippen LogP contribution in [0.3, 0.4) is 0 Å². The third kappa shape index (κ3) is 3.24. The van der Waals surface area contributed by atoms with Crippen molar-refractivity contribution in [2.24, 2.45) is 0 Å². The molecule has 2 N–H and O–H groups in total. The van der Waals surface area contributed by atoms with Crippen molar-refractivity contribution >= 4 is 17.3 Å². The predicted octanol–water partition coefficient (Wildman–Crippen LogP) is 0.958. The third-order valence-electron chi connectivity index (χ3n) is 3.31. The lowest BCUT2D eigenvalue weighted by Gasteiger charge is -2.20. The van der Waals surface area contributed by atoms with E-state index in [-0.39, 0.29) is 11.6 Å². The number of carbonyl (C=O) groups excluding carboxylic acids is 1. The van der Waals surface area contributed by atoms with Crippen molar-refractivity contribution in [3.8, 4) is 0 Å². The summed E-state index contributed by atoms with van der Waals surface area (Å²) in [6.07, 6.45) is 0.884. The lowest BCUT2D eigenvalue weighted by molar-refractivity contribution is -0.384. The number of rotatable bonds is 4. The van der Waals surface area contributed by atoms with E-state index in [9.17, 15) is 14.9 Å². The van der Waals surface area contributed by atoms with E-state index in [1.165, 1.54) is 6.07 Å². The van der Waals surface area contributed by atoms with Gasteiger partial charge in [-0.1, -0.05) is 12.1 Å². The van der Waals surface area contributed by atoms with Crippen LogP contribution >= 0.6 is 0 Å². The molecule has 0 bridgehead atoms. The monoisotopic (exact) mass is 278 g/mol. The Bertz CT molecular complexity index is 518. The van der Waals surface area contributed by atoms with Crippen LogP contribution in [0.4, 0.5) is 11.4 Å². The fourth-order valence-corrected chi connectivity index (χ4v) is 2.40. The number of amides is 1. The minimum absolute atomic E-state index is 0.000983. The van der Waals surface area contributed by atoms with Crippen molar-refractivity contribution in [2.45, 2.75) is 13.0 Å². The SMILES string of the molecule is CNc1c(CN2CCCNC(=O)C2)cccc1[N+](=O)[O-]. The van der Waals surface area contributed by atoms with Gasteiger partial charge in [-0.05, 0) is 12.0 Å². The minimum atomic E-state index is -0.398. The van der Waals surface area contributed by atoms with Crippen molar-refractivity contribution < 1.29 is 9.72 Å². The van der Waals surface area contributed by atoms with Crippen LogP contribution in [0.2, 0.25) is 0 Å². The van der Waals surface area contributed by atoms with Crippen molar-refractivity contribution in [1.82, 2.24) is 10.2 Å². The summed E-state index contributed by atoms with van der Waals surface area (Å²) >= 11 is 0. The van der Waals surface area contributed by atoms with E-state index >= 15 is 0 Å². The minimum Gasteiger partial charge on any atom is -0.382 e. The van der Waals surface area contributed by atoms with Crippen LogP contribution in [0.1, 0.15) is 12.0 Å². The van der Waals surface area contributed by atoms with E-state index in [1.54, 1.807) is 13.1 Å². The predicted molar refractivity (Wildman–Crippen MR) is 75.5 cm³/mol. The summed E-state index contributed by atoms with van der Waals surface area (Å²) in [4.78, 5) is 24.2. The second-order valence-corrected chi connectivity index (χ2v) is 4.73. The number of carbonyl (C=O) groups is 1. The highest BCUT2D eigenvalue weighted by Gasteiger charge is 2.20. The second-order valence-electron chi connectivity index (χ2n) is 4.73. The first-order chi connectivity index (χ1) is 9.61. The molecule has 1 aromatic rings. The summed E-state index contributed by atoms with van der Waals surface area (Å²) in [6.45, 7) is 2.32. The molecule has 1 heterocycles. The highest BCUT2D eigenvalue weighted by Crippen LogP contribution is 2.28. The lowest BCUT2D eigenvalue weighted by atomic mass is 10.1. The lowest BCUT2D eigenvalue weighted by Crippen LogP contribution is -2.32. The number of nitro groups is 1. The maximum atomic E-state index is 11.5. The number of para-hydroxylation sites is 1. The van der Waals surface area contributed by atoms with Gasteiger partial charge in [-0.25, -0.2) is 0 Å². The van der Waals surface area contributed by atoms with Crippen molar-refractivity contribution in [1.29, 1.82) is 0 Å². The number of nitrogens with one attached hydrogen (secondary N) is 2. The number of hydrogen-bond donors (Lipinski definition) is 2.